The number of benzene rings is 1. The Labute approximate surface area is 188 Å². The van der Waals surface area contributed by atoms with Crippen LogP contribution in [0.4, 0.5) is 19.1 Å². The number of imidazole rings is 1. The summed E-state index contributed by atoms with van der Waals surface area (Å²) in [7, 11) is 0. The van der Waals surface area contributed by atoms with Gasteiger partial charge in [0.1, 0.15) is 27.3 Å². The number of fused-ring (bicyclic) bond motifs is 2. The van der Waals surface area contributed by atoms with Crippen molar-refractivity contribution >= 4 is 34.1 Å². The van der Waals surface area contributed by atoms with E-state index < -0.39 is 6.43 Å². The highest BCUT2D eigenvalue weighted by Crippen LogP contribution is 2.35. The second kappa shape index (κ2) is 7.98. The third-order valence-electron chi connectivity index (χ3n) is 5.22. The van der Waals surface area contributed by atoms with E-state index in [-0.39, 0.29) is 18.1 Å². The van der Waals surface area contributed by atoms with Gasteiger partial charge >= 0.3 is 0 Å². The first-order valence-electron chi connectivity index (χ1n) is 9.46. The van der Waals surface area contributed by atoms with Crippen molar-refractivity contribution in [2.75, 3.05) is 11.9 Å². The highest BCUT2D eigenvalue weighted by atomic mass is 127. The summed E-state index contributed by atoms with van der Waals surface area (Å²) >= 11 is 2.05. The van der Waals surface area contributed by atoms with E-state index in [4.69, 9.17) is 4.74 Å². The topological polar surface area (TPSA) is 64.3 Å². The van der Waals surface area contributed by atoms with E-state index in [1.54, 1.807) is 28.9 Å². The molecule has 1 aliphatic rings. The lowest BCUT2D eigenvalue weighted by molar-refractivity contribution is 0.147. The molecule has 0 saturated carbocycles. The number of rotatable bonds is 5. The minimum atomic E-state index is -2.72. The number of hydrogen-bond donors (Lipinski definition) is 1. The van der Waals surface area contributed by atoms with E-state index in [0.717, 1.165) is 5.56 Å². The molecule has 1 aromatic carbocycles. The van der Waals surface area contributed by atoms with Crippen molar-refractivity contribution in [3.05, 3.63) is 69.3 Å². The number of ether oxygens (including phenoxy) is 1. The smallest absolute Gasteiger partial charge is 0.280 e. The number of halogens is 4. The number of pyridine rings is 1. The molecule has 0 unspecified atom stereocenters. The van der Waals surface area contributed by atoms with Gasteiger partial charge in [0.05, 0.1) is 12.1 Å². The minimum Gasteiger partial charge on any atom is -0.493 e. The molecule has 5 rings (SSSR count). The number of nitrogens with zero attached hydrogens (tertiary/aromatic N) is 4. The predicted molar refractivity (Wildman–Crippen MR) is 117 cm³/mol. The van der Waals surface area contributed by atoms with Crippen LogP contribution in [-0.2, 0) is 13.0 Å². The SMILES string of the molecule is Fc1ccc2c(c1CNc1ncc(-c3cccnc3C(F)F)c3c(I)ncn13)CCO2. The molecule has 0 spiro atoms. The Hall–Kier alpha value is -2.89. The van der Waals surface area contributed by atoms with Gasteiger partial charge in [-0.2, -0.15) is 0 Å². The number of alkyl halides is 2. The summed E-state index contributed by atoms with van der Waals surface area (Å²) in [4.78, 5) is 12.6. The van der Waals surface area contributed by atoms with Crippen LogP contribution in [-0.4, -0.2) is 26.0 Å². The van der Waals surface area contributed by atoms with Crippen LogP contribution in [0, 0.1) is 9.52 Å². The van der Waals surface area contributed by atoms with E-state index in [9.17, 15) is 13.2 Å². The van der Waals surface area contributed by atoms with Crippen LogP contribution < -0.4 is 10.1 Å². The first-order valence-corrected chi connectivity index (χ1v) is 10.5. The van der Waals surface area contributed by atoms with Gasteiger partial charge in [-0.05, 0) is 40.8 Å². The van der Waals surface area contributed by atoms with Gasteiger partial charge in [0.15, 0.2) is 0 Å². The molecule has 0 bridgehead atoms. The third-order valence-corrected chi connectivity index (χ3v) is 6.01. The van der Waals surface area contributed by atoms with Crippen LogP contribution >= 0.6 is 22.6 Å². The Morgan fingerprint density at radius 1 is 1.16 bits per heavy atom. The van der Waals surface area contributed by atoms with E-state index in [2.05, 4.69) is 20.3 Å². The lowest BCUT2D eigenvalue weighted by atomic mass is 10.0. The summed E-state index contributed by atoms with van der Waals surface area (Å²) in [6, 6.07) is 6.22. The Morgan fingerprint density at radius 3 is 2.87 bits per heavy atom. The molecule has 4 heterocycles. The maximum atomic E-state index is 14.5. The molecule has 31 heavy (non-hydrogen) atoms. The molecule has 0 atom stereocenters. The van der Waals surface area contributed by atoms with Gasteiger partial charge in [0.25, 0.3) is 6.43 Å². The molecule has 6 nitrogen and oxygen atoms in total. The maximum Gasteiger partial charge on any atom is 0.280 e. The van der Waals surface area contributed by atoms with Crippen LogP contribution in [0.3, 0.4) is 0 Å². The van der Waals surface area contributed by atoms with Crippen LogP contribution in [0.15, 0.2) is 43.0 Å². The average Bonchev–Trinajstić information content (AvgIpc) is 3.40. The molecule has 0 saturated heterocycles. The summed E-state index contributed by atoms with van der Waals surface area (Å²) in [5, 5.41) is 3.15. The zero-order valence-electron chi connectivity index (χ0n) is 15.9. The normalized spacial score (nSPS) is 12.9. The molecule has 3 aromatic heterocycles. The summed E-state index contributed by atoms with van der Waals surface area (Å²) in [6.45, 7) is 0.726. The van der Waals surface area contributed by atoms with Gasteiger partial charge in [0.2, 0.25) is 5.95 Å². The fraction of sp³-hybridized carbons (Fsp3) is 0.190. The maximum absolute atomic E-state index is 14.5. The van der Waals surface area contributed by atoms with Crippen molar-refractivity contribution in [1.82, 2.24) is 19.4 Å². The largest absolute Gasteiger partial charge is 0.493 e. The van der Waals surface area contributed by atoms with Crippen LogP contribution in [0.5, 0.6) is 5.75 Å². The van der Waals surface area contributed by atoms with Crippen LogP contribution in [0.25, 0.3) is 16.6 Å². The summed E-state index contributed by atoms with van der Waals surface area (Å²) in [6.07, 6.45) is 2.33. The first-order chi connectivity index (χ1) is 15.0. The fourth-order valence-electron chi connectivity index (χ4n) is 3.80. The number of anilines is 1. The first kappa shape index (κ1) is 20.0. The zero-order valence-corrected chi connectivity index (χ0v) is 18.1. The lowest BCUT2D eigenvalue weighted by Gasteiger charge is -2.14. The molecule has 10 heteroatoms. The molecule has 0 amide bonds. The van der Waals surface area contributed by atoms with Gasteiger partial charge in [-0.25, -0.2) is 23.1 Å². The highest BCUT2D eigenvalue weighted by Gasteiger charge is 2.22. The molecule has 158 valence electrons. The van der Waals surface area contributed by atoms with Gasteiger partial charge < -0.3 is 10.1 Å². The standard InChI is InChI=1S/C21H15F3IN5O/c22-15-3-4-16-11(5-7-31-16)13(15)8-27-21-28-9-14(18-20(25)29-10-30(18)21)12-2-1-6-26-17(12)19(23)24/h1-4,6,9-10,19H,5,7-8H2,(H,27,28). The Bertz CT molecular complexity index is 1290. The summed E-state index contributed by atoms with van der Waals surface area (Å²) in [5.41, 5.74) is 2.47. The summed E-state index contributed by atoms with van der Waals surface area (Å²) in [5.74, 6) is 0.800. The van der Waals surface area contributed by atoms with E-state index in [1.807, 2.05) is 22.6 Å². The average molecular weight is 537 g/mol. The van der Waals surface area contributed by atoms with Crippen molar-refractivity contribution in [1.29, 1.82) is 0 Å². The highest BCUT2D eigenvalue weighted by molar-refractivity contribution is 14.1. The number of hydrogen-bond acceptors (Lipinski definition) is 5. The lowest BCUT2D eigenvalue weighted by Crippen LogP contribution is -2.10. The Balaban J connectivity index is 1.55. The van der Waals surface area contributed by atoms with E-state index in [0.29, 0.717) is 50.6 Å². The monoisotopic (exact) mass is 537 g/mol. The van der Waals surface area contributed by atoms with Gasteiger partial charge in [-0.1, -0.05) is 6.07 Å². The third kappa shape index (κ3) is 3.48. The van der Waals surface area contributed by atoms with Crippen molar-refractivity contribution in [3.63, 3.8) is 0 Å². The molecule has 1 aliphatic heterocycles. The van der Waals surface area contributed by atoms with Crippen molar-refractivity contribution < 1.29 is 17.9 Å². The number of aromatic nitrogens is 4. The fourth-order valence-corrected chi connectivity index (χ4v) is 4.47. The van der Waals surface area contributed by atoms with Gasteiger partial charge in [0, 0.05) is 47.6 Å². The van der Waals surface area contributed by atoms with E-state index in [1.165, 1.54) is 18.5 Å². The molecule has 0 radical (unpaired) electrons. The quantitative estimate of drug-likeness (QED) is 0.363. The second-order valence-corrected chi connectivity index (χ2v) is 7.96. The second-order valence-electron chi connectivity index (χ2n) is 6.94. The molecular weight excluding hydrogens is 522 g/mol. The Morgan fingerprint density at radius 2 is 2.03 bits per heavy atom. The molecule has 1 N–H and O–H groups in total. The van der Waals surface area contributed by atoms with Crippen molar-refractivity contribution in [3.8, 4) is 16.9 Å². The summed E-state index contributed by atoms with van der Waals surface area (Å²) < 4.78 is 49.3. The minimum absolute atomic E-state index is 0.198. The van der Waals surface area contributed by atoms with Crippen LogP contribution in [0.2, 0.25) is 0 Å². The van der Waals surface area contributed by atoms with Crippen LogP contribution in [0.1, 0.15) is 23.2 Å². The molecule has 0 aliphatic carbocycles. The predicted octanol–water partition coefficient (Wildman–Crippen LogP) is 5.02. The van der Waals surface area contributed by atoms with Gasteiger partial charge in [-0.15, -0.1) is 0 Å². The molecular formula is C21H15F3IN5O. The number of nitrogens with one attached hydrogen (secondary N) is 1. The molecule has 0 fully saturated rings. The zero-order chi connectivity index (χ0) is 21.5. The molecule has 4 aromatic rings. The van der Waals surface area contributed by atoms with Gasteiger partial charge in [-0.3, -0.25) is 9.38 Å². The Kier molecular flexibility index (Phi) is 5.16. The van der Waals surface area contributed by atoms with Crippen molar-refractivity contribution in [2.45, 2.75) is 19.4 Å². The van der Waals surface area contributed by atoms with Crippen molar-refractivity contribution in [2.24, 2.45) is 0 Å². The van der Waals surface area contributed by atoms with E-state index >= 15 is 0 Å².